The smallest absolute Gasteiger partial charge is 0.226 e. The third-order valence-corrected chi connectivity index (χ3v) is 1.12. The minimum Gasteiger partial charge on any atom is -0.345 e. The third-order valence-electron chi connectivity index (χ3n) is 1.12. The maximum absolute atomic E-state index is 4.72. The highest BCUT2D eigenvalue weighted by Crippen LogP contribution is 2.09. The van der Waals surface area contributed by atoms with Gasteiger partial charge in [-0.25, -0.2) is 0 Å². The lowest BCUT2D eigenvalue weighted by Gasteiger charge is -1.75. The fourth-order valence-corrected chi connectivity index (χ4v) is 0.665. The highest BCUT2D eigenvalue weighted by molar-refractivity contribution is 5.43. The maximum atomic E-state index is 4.72. The van der Waals surface area contributed by atoms with Crippen LogP contribution in [0.5, 0.6) is 0 Å². The lowest BCUT2D eigenvalue weighted by molar-refractivity contribution is 0.392. The van der Waals surface area contributed by atoms with E-state index in [-0.39, 0.29) is 0 Å². The van der Waals surface area contributed by atoms with Gasteiger partial charge in [-0.05, 0) is 0 Å². The number of aryl methyl sites for hydroxylation is 1. The first kappa shape index (κ1) is 6.02. The van der Waals surface area contributed by atoms with Gasteiger partial charge in [-0.1, -0.05) is 5.16 Å². The molecular weight excluding hydrogens is 148 g/mol. The standard InChI is InChI=1S/C5H4N4O2/c1-3-6-5(8-11-3)4-2-10-9-7-4/h2H,1H3. The molecule has 0 fully saturated rings. The molecule has 0 aromatic carbocycles. The molecule has 0 amide bonds. The highest BCUT2D eigenvalue weighted by Gasteiger charge is 2.08. The number of rotatable bonds is 1. The Morgan fingerprint density at radius 3 is 2.91 bits per heavy atom. The lowest BCUT2D eigenvalue weighted by atomic mass is 10.5. The Hall–Kier alpha value is -1.72. The van der Waals surface area contributed by atoms with Gasteiger partial charge in [-0.15, -0.1) is 5.10 Å². The van der Waals surface area contributed by atoms with Gasteiger partial charge in [0.25, 0.3) is 0 Å². The van der Waals surface area contributed by atoms with Crippen LogP contribution < -0.4 is 0 Å². The monoisotopic (exact) mass is 152 g/mol. The van der Waals surface area contributed by atoms with Crippen LogP contribution in [0.25, 0.3) is 11.5 Å². The second kappa shape index (κ2) is 2.15. The Labute approximate surface area is 61.2 Å². The molecule has 2 aromatic heterocycles. The Bertz CT molecular complexity index is 339. The summed E-state index contributed by atoms with van der Waals surface area (Å²) in [4.78, 5) is 3.91. The molecule has 2 heterocycles. The van der Waals surface area contributed by atoms with Crippen molar-refractivity contribution in [2.45, 2.75) is 6.92 Å². The Morgan fingerprint density at radius 1 is 1.45 bits per heavy atom. The van der Waals surface area contributed by atoms with Gasteiger partial charge in [0.2, 0.25) is 11.7 Å². The number of nitrogens with zero attached hydrogens (tertiary/aromatic N) is 4. The molecule has 2 aromatic rings. The molecule has 6 nitrogen and oxygen atoms in total. The van der Waals surface area contributed by atoms with Crippen molar-refractivity contribution in [3.8, 4) is 11.5 Å². The van der Waals surface area contributed by atoms with E-state index in [4.69, 9.17) is 4.52 Å². The SMILES string of the molecule is Cc1nc(-c2conn2)no1. The minimum atomic E-state index is 0.392. The van der Waals surface area contributed by atoms with E-state index in [2.05, 4.69) is 25.0 Å². The van der Waals surface area contributed by atoms with E-state index in [1.54, 1.807) is 6.92 Å². The van der Waals surface area contributed by atoms with Gasteiger partial charge >= 0.3 is 0 Å². The molecule has 0 bridgehead atoms. The molecule has 0 saturated carbocycles. The van der Waals surface area contributed by atoms with Gasteiger partial charge in [-0.2, -0.15) is 4.98 Å². The molecule has 0 unspecified atom stereocenters. The number of hydrogen-bond acceptors (Lipinski definition) is 6. The Kier molecular flexibility index (Phi) is 1.18. The van der Waals surface area contributed by atoms with Gasteiger partial charge in [0.1, 0.15) is 0 Å². The number of hydrogen-bond donors (Lipinski definition) is 0. The fraction of sp³-hybridized carbons (Fsp3) is 0.200. The average molecular weight is 152 g/mol. The summed E-state index contributed by atoms with van der Waals surface area (Å²) in [6.07, 6.45) is 1.35. The van der Waals surface area contributed by atoms with E-state index in [0.29, 0.717) is 17.4 Å². The minimum absolute atomic E-state index is 0.392. The molecule has 0 aliphatic carbocycles. The molecule has 56 valence electrons. The molecule has 11 heavy (non-hydrogen) atoms. The molecular formula is C5H4N4O2. The molecule has 2 rings (SSSR count). The zero-order valence-electron chi connectivity index (χ0n) is 5.68. The van der Waals surface area contributed by atoms with Crippen molar-refractivity contribution < 1.29 is 9.05 Å². The summed E-state index contributed by atoms with van der Waals surface area (Å²) in [6.45, 7) is 1.70. The van der Waals surface area contributed by atoms with E-state index >= 15 is 0 Å². The number of aromatic nitrogens is 4. The van der Waals surface area contributed by atoms with Crippen LogP contribution in [0.15, 0.2) is 15.3 Å². The Morgan fingerprint density at radius 2 is 2.36 bits per heavy atom. The van der Waals surface area contributed by atoms with Crippen molar-refractivity contribution in [2.75, 3.05) is 0 Å². The predicted octanol–water partition coefficient (Wildman–Crippen LogP) is 0.428. The molecule has 0 radical (unpaired) electrons. The van der Waals surface area contributed by atoms with E-state index in [0.717, 1.165) is 0 Å². The van der Waals surface area contributed by atoms with Crippen molar-refractivity contribution in [3.05, 3.63) is 12.2 Å². The molecule has 6 heteroatoms. The summed E-state index contributed by atoms with van der Waals surface area (Å²) in [6, 6.07) is 0. The topological polar surface area (TPSA) is 77.8 Å². The highest BCUT2D eigenvalue weighted by atomic mass is 16.5. The first-order valence-corrected chi connectivity index (χ1v) is 2.94. The first-order chi connectivity index (χ1) is 5.36. The van der Waals surface area contributed by atoms with Crippen LogP contribution in [-0.4, -0.2) is 20.5 Å². The normalized spacial score (nSPS) is 10.3. The van der Waals surface area contributed by atoms with Crippen LogP contribution >= 0.6 is 0 Å². The molecule has 0 spiro atoms. The quantitative estimate of drug-likeness (QED) is 0.589. The largest absolute Gasteiger partial charge is 0.345 e. The van der Waals surface area contributed by atoms with Crippen molar-refractivity contribution in [3.63, 3.8) is 0 Å². The summed E-state index contributed by atoms with van der Waals surface area (Å²) < 4.78 is 9.21. The molecule has 0 N–H and O–H groups in total. The zero-order valence-corrected chi connectivity index (χ0v) is 5.68. The van der Waals surface area contributed by atoms with E-state index in [1.165, 1.54) is 6.26 Å². The maximum Gasteiger partial charge on any atom is 0.226 e. The molecule has 0 saturated heterocycles. The van der Waals surface area contributed by atoms with Crippen LogP contribution in [-0.2, 0) is 0 Å². The summed E-state index contributed by atoms with van der Waals surface area (Å²) in [5, 5.41) is 10.5. The van der Waals surface area contributed by atoms with Gasteiger partial charge < -0.3 is 9.05 Å². The van der Waals surface area contributed by atoms with Gasteiger partial charge in [0.15, 0.2) is 12.0 Å². The summed E-state index contributed by atoms with van der Waals surface area (Å²) >= 11 is 0. The zero-order chi connectivity index (χ0) is 7.68. The second-order valence-corrected chi connectivity index (χ2v) is 1.93. The Balaban J connectivity index is 2.45. The summed E-state index contributed by atoms with van der Waals surface area (Å²) in [5.41, 5.74) is 0.474. The average Bonchev–Trinajstić information content (AvgIpc) is 2.55. The molecule has 0 aliphatic heterocycles. The molecule has 0 aliphatic rings. The lowest BCUT2D eigenvalue weighted by Crippen LogP contribution is -1.79. The molecule has 0 atom stereocenters. The fourth-order valence-electron chi connectivity index (χ4n) is 0.665. The van der Waals surface area contributed by atoms with Crippen LogP contribution in [0.4, 0.5) is 0 Å². The van der Waals surface area contributed by atoms with Gasteiger partial charge in [0, 0.05) is 12.2 Å². The van der Waals surface area contributed by atoms with Crippen molar-refractivity contribution in [1.82, 2.24) is 20.5 Å². The van der Waals surface area contributed by atoms with Crippen molar-refractivity contribution >= 4 is 0 Å². The van der Waals surface area contributed by atoms with E-state index in [9.17, 15) is 0 Å². The van der Waals surface area contributed by atoms with E-state index in [1.807, 2.05) is 0 Å². The van der Waals surface area contributed by atoms with Crippen LogP contribution in [0.1, 0.15) is 5.89 Å². The van der Waals surface area contributed by atoms with Crippen molar-refractivity contribution in [2.24, 2.45) is 0 Å². The van der Waals surface area contributed by atoms with E-state index < -0.39 is 0 Å². The predicted molar refractivity (Wildman–Crippen MR) is 32.3 cm³/mol. The van der Waals surface area contributed by atoms with Crippen LogP contribution in [0, 0.1) is 6.92 Å². The van der Waals surface area contributed by atoms with Crippen LogP contribution in [0.2, 0.25) is 0 Å². The van der Waals surface area contributed by atoms with Gasteiger partial charge in [-0.3, -0.25) is 0 Å². The first-order valence-electron chi connectivity index (χ1n) is 2.94. The third kappa shape index (κ3) is 0.977. The van der Waals surface area contributed by atoms with Crippen LogP contribution in [0.3, 0.4) is 0 Å². The summed E-state index contributed by atoms with van der Waals surface area (Å²) in [7, 11) is 0. The summed E-state index contributed by atoms with van der Waals surface area (Å²) in [5.74, 6) is 0.881. The second-order valence-electron chi connectivity index (χ2n) is 1.93. The van der Waals surface area contributed by atoms with Crippen molar-refractivity contribution in [1.29, 1.82) is 0 Å². The van der Waals surface area contributed by atoms with Gasteiger partial charge in [0.05, 0.1) is 0 Å².